The van der Waals surface area contributed by atoms with Gasteiger partial charge >= 0.3 is 5.97 Å². The number of carbonyl (C=O) groups is 2. The van der Waals surface area contributed by atoms with Gasteiger partial charge in [-0.15, -0.1) is 0 Å². The predicted octanol–water partition coefficient (Wildman–Crippen LogP) is 5.88. The van der Waals surface area contributed by atoms with E-state index in [0.717, 1.165) is 50.5 Å². The van der Waals surface area contributed by atoms with Crippen molar-refractivity contribution in [3.63, 3.8) is 0 Å². The van der Waals surface area contributed by atoms with Gasteiger partial charge in [0.25, 0.3) is 0 Å². The quantitative estimate of drug-likeness (QED) is 0.198. The lowest BCUT2D eigenvalue weighted by molar-refractivity contribution is -0.317. The van der Waals surface area contributed by atoms with Gasteiger partial charge in [0.05, 0.1) is 30.8 Å². The van der Waals surface area contributed by atoms with E-state index in [1.54, 1.807) is 14.2 Å². The minimum atomic E-state index is -0.592. The van der Waals surface area contributed by atoms with Crippen LogP contribution in [0, 0.1) is 35.5 Å². The average molecular weight is 746 g/mol. The van der Waals surface area contributed by atoms with Crippen LogP contribution in [0.3, 0.4) is 0 Å². The number of hydrogen-bond donors (Lipinski definition) is 0. The van der Waals surface area contributed by atoms with Crippen LogP contribution in [0.25, 0.3) is 0 Å². The van der Waals surface area contributed by atoms with Crippen LogP contribution >= 0.6 is 0 Å². The first kappa shape index (κ1) is 40.9. The van der Waals surface area contributed by atoms with E-state index in [4.69, 9.17) is 37.9 Å². The standard InChI is InChI=1S/C42H67NO10/c1-10-27-13-12-14-35(53-37-18-17-34(43(6)7)24(4)49-37)23(3)38(45)33-21-31-29(32(33)22-36(44)51-27)16-15-26-19-28(20-30(26)31)52-42-41(47-9)40(48-11-2)39(46-8)25(5)50-42/h15-16,21,23-32,34-35,37,39-42H,10-14,17-20,22H2,1-9H3/t23-,24?,25?,26-,27+,28-,29-,30-,31-,32+,34+,35+,37+,39+,40-,41?,42+/m1/s1. The molecule has 3 heterocycles. The molecule has 11 nitrogen and oxygen atoms in total. The molecule has 0 spiro atoms. The van der Waals surface area contributed by atoms with Crippen molar-refractivity contribution in [2.45, 2.75) is 160 Å². The molecule has 0 aromatic heterocycles. The molecule has 3 unspecified atom stereocenters. The van der Waals surface area contributed by atoms with Gasteiger partial charge in [-0.05, 0) is 115 Å². The number of cyclic esters (lactones) is 1. The SMILES string of the molecule is CCO[C@H]1C(OC)[C@H](O[C@H]2C[C@H]3[C@@H]4C=C5C(=O)[C@H](C)[C@@H](O[C@H]6CC[C@H](N(C)C)C(C)O6)CCC[C@H](CC)OC(=O)C[C@H]5[C@@H]4C=C[C@@H]3C2)OC(C)[C@@H]1OC. The average Bonchev–Trinajstić information content (AvgIpc) is 3.70. The lowest BCUT2D eigenvalue weighted by Crippen LogP contribution is -2.60. The molecule has 53 heavy (non-hydrogen) atoms. The normalized spacial score (nSPS) is 45.1. The fourth-order valence-corrected chi connectivity index (χ4v) is 10.5. The van der Waals surface area contributed by atoms with Crippen LogP contribution < -0.4 is 0 Å². The zero-order valence-corrected chi connectivity index (χ0v) is 33.6. The molecule has 17 atom stereocenters. The number of carbonyl (C=O) groups excluding carboxylic acids is 2. The molecule has 300 valence electrons. The number of likely N-dealkylation sites (N-methyl/N-ethyl adjacent to an activating group) is 1. The van der Waals surface area contributed by atoms with Crippen LogP contribution in [-0.4, -0.2) is 119 Å². The van der Waals surface area contributed by atoms with Gasteiger partial charge in [0.1, 0.15) is 24.4 Å². The Kier molecular flexibility index (Phi) is 13.9. The summed E-state index contributed by atoms with van der Waals surface area (Å²) >= 11 is 0. The van der Waals surface area contributed by atoms with Gasteiger partial charge in [0.2, 0.25) is 0 Å². The third-order valence-corrected chi connectivity index (χ3v) is 13.3. The summed E-state index contributed by atoms with van der Waals surface area (Å²) in [7, 11) is 7.52. The molecule has 6 rings (SSSR count). The van der Waals surface area contributed by atoms with Crippen molar-refractivity contribution in [3.8, 4) is 0 Å². The van der Waals surface area contributed by atoms with E-state index in [1.165, 1.54) is 0 Å². The van der Waals surface area contributed by atoms with Gasteiger partial charge in [-0.25, -0.2) is 0 Å². The highest BCUT2D eigenvalue weighted by atomic mass is 16.7. The molecule has 0 bridgehead atoms. The fraction of sp³-hybridized carbons (Fsp3) is 0.857. The first-order valence-corrected chi connectivity index (χ1v) is 20.6. The molecule has 3 aliphatic carbocycles. The predicted molar refractivity (Wildman–Crippen MR) is 199 cm³/mol. The van der Waals surface area contributed by atoms with Gasteiger partial charge < -0.3 is 42.8 Å². The highest BCUT2D eigenvalue weighted by molar-refractivity contribution is 5.99. The summed E-state index contributed by atoms with van der Waals surface area (Å²) in [6.45, 7) is 10.7. The van der Waals surface area contributed by atoms with Crippen molar-refractivity contribution >= 4 is 11.8 Å². The van der Waals surface area contributed by atoms with Crippen LogP contribution in [0.5, 0.6) is 0 Å². The number of hydrogen-bond acceptors (Lipinski definition) is 11. The fourth-order valence-electron chi connectivity index (χ4n) is 10.5. The van der Waals surface area contributed by atoms with Crippen LogP contribution in [0.1, 0.15) is 92.4 Å². The number of esters is 1. The second kappa shape index (κ2) is 18.0. The topological polar surface area (TPSA) is 111 Å². The Balaban J connectivity index is 1.20. The first-order chi connectivity index (χ1) is 25.5. The van der Waals surface area contributed by atoms with E-state index >= 15 is 0 Å². The third kappa shape index (κ3) is 8.83. The van der Waals surface area contributed by atoms with E-state index in [-0.39, 0.29) is 96.8 Å². The molecule has 3 aliphatic heterocycles. The first-order valence-electron chi connectivity index (χ1n) is 20.6. The van der Waals surface area contributed by atoms with Gasteiger partial charge in [-0.3, -0.25) is 9.59 Å². The highest BCUT2D eigenvalue weighted by Gasteiger charge is 2.53. The largest absolute Gasteiger partial charge is 0.462 e. The van der Waals surface area contributed by atoms with Crippen molar-refractivity contribution < 1.29 is 47.5 Å². The molecule has 1 saturated carbocycles. The van der Waals surface area contributed by atoms with Gasteiger partial charge in [-0.2, -0.15) is 0 Å². The van der Waals surface area contributed by atoms with Gasteiger partial charge in [0, 0.05) is 38.7 Å². The second-order valence-electron chi connectivity index (χ2n) is 16.7. The van der Waals surface area contributed by atoms with Crippen molar-refractivity contribution in [3.05, 3.63) is 23.8 Å². The van der Waals surface area contributed by atoms with E-state index in [1.807, 2.05) is 20.8 Å². The maximum Gasteiger partial charge on any atom is 0.306 e. The summed E-state index contributed by atoms with van der Waals surface area (Å²) < 4.78 is 50.1. The molecule has 11 heteroatoms. The van der Waals surface area contributed by atoms with Crippen molar-refractivity contribution in [1.82, 2.24) is 4.90 Å². The number of ketones is 1. The summed E-state index contributed by atoms with van der Waals surface area (Å²) in [6.07, 6.45) is 10.9. The molecule has 0 aromatic carbocycles. The van der Waals surface area contributed by atoms with Crippen LogP contribution in [-0.2, 0) is 47.5 Å². The number of fused-ring (bicyclic) bond motifs is 5. The van der Waals surface area contributed by atoms with Crippen LogP contribution in [0.4, 0.5) is 0 Å². The molecule has 4 fully saturated rings. The zero-order valence-electron chi connectivity index (χ0n) is 33.6. The second-order valence-corrected chi connectivity index (χ2v) is 16.7. The Labute approximate surface area is 317 Å². The Morgan fingerprint density at radius 2 is 1.62 bits per heavy atom. The minimum absolute atomic E-state index is 0.0377. The number of rotatable bonds is 10. The minimum Gasteiger partial charge on any atom is -0.462 e. The lowest BCUT2D eigenvalue weighted by atomic mass is 9.70. The molecule has 0 amide bonds. The van der Waals surface area contributed by atoms with E-state index < -0.39 is 12.4 Å². The monoisotopic (exact) mass is 745 g/mol. The van der Waals surface area contributed by atoms with Gasteiger partial charge in [-0.1, -0.05) is 32.1 Å². The Morgan fingerprint density at radius 3 is 2.30 bits per heavy atom. The summed E-state index contributed by atoms with van der Waals surface area (Å²) in [4.78, 5) is 30.4. The summed E-state index contributed by atoms with van der Waals surface area (Å²) in [5, 5.41) is 0. The number of methoxy groups -OCH3 is 2. The number of Topliss-reactive ketones (excluding diaryl/α,β-unsaturated/α-hetero) is 1. The van der Waals surface area contributed by atoms with E-state index in [9.17, 15) is 9.59 Å². The Morgan fingerprint density at radius 1 is 0.849 bits per heavy atom. The molecule has 0 radical (unpaired) electrons. The number of nitrogens with zero attached hydrogens (tertiary/aromatic N) is 1. The maximum atomic E-state index is 14.7. The third-order valence-electron chi connectivity index (χ3n) is 13.3. The summed E-state index contributed by atoms with van der Waals surface area (Å²) in [6, 6.07) is 0.339. The smallest absolute Gasteiger partial charge is 0.306 e. The van der Waals surface area contributed by atoms with Crippen LogP contribution in [0.2, 0.25) is 0 Å². The highest BCUT2D eigenvalue weighted by Crippen LogP contribution is 2.54. The van der Waals surface area contributed by atoms with Crippen molar-refractivity contribution in [1.29, 1.82) is 0 Å². The van der Waals surface area contributed by atoms with Crippen molar-refractivity contribution in [2.75, 3.05) is 34.9 Å². The maximum absolute atomic E-state index is 14.7. The zero-order chi connectivity index (χ0) is 38.0. The number of ether oxygens (including phenoxy) is 8. The molecule has 6 aliphatic rings. The Bertz CT molecular complexity index is 1300. The molecule has 0 aromatic rings. The van der Waals surface area contributed by atoms with Crippen LogP contribution in [0.15, 0.2) is 23.8 Å². The number of allylic oxidation sites excluding steroid dienone is 4. The van der Waals surface area contributed by atoms with E-state index in [2.05, 4.69) is 51.1 Å². The lowest BCUT2D eigenvalue weighted by Gasteiger charge is -2.44. The summed E-state index contributed by atoms with van der Waals surface area (Å²) in [5.74, 6) is 0.0193. The molecule has 0 N–H and O–H groups in total. The Hall–Kier alpha value is -1.70. The summed E-state index contributed by atoms with van der Waals surface area (Å²) in [5.41, 5.74) is 0.765. The van der Waals surface area contributed by atoms with Crippen molar-refractivity contribution in [2.24, 2.45) is 35.5 Å². The van der Waals surface area contributed by atoms with Gasteiger partial charge in [0.15, 0.2) is 18.4 Å². The molecular formula is C42H67NO10. The van der Waals surface area contributed by atoms with E-state index in [0.29, 0.717) is 25.0 Å². The molecule has 3 saturated heterocycles. The molecular weight excluding hydrogens is 678 g/mol.